The van der Waals surface area contributed by atoms with Crippen molar-refractivity contribution < 1.29 is 14.2 Å². The van der Waals surface area contributed by atoms with E-state index < -0.39 is 7.14 Å². The maximum Gasteiger partial charge on any atom is 0.243 e. The van der Waals surface area contributed by atoms with Crippen molar-refractivity contribution in [2.45, 2.75) is 25.6 Å². The summed E-state index contributed by atoms with van der Waals surface area (Å²) in [7, 11) is -2.52. The van der Waals surface area contributed by atoms with E-state index in [4.69, 9.17) is 28.0 Å². The maximum absolute atomic E-state index is 13.0. The third kappa shape index (κ3) is 6.33. The van der Waals surface area contributed by atoms with Crippen LogP contribution >= 0.6 is 30.3 Å². The van der Waals surface area contributed by atoms with Crippen LogP contribution in [-0.4, -0.2) is 30.8 Å². The molecule has 0 bridgehead atoms. The number of rotatable bonds is 8. The van der Waals surface area contributed by atoms with Crippen molar-refractivity contribution in [1.82, 2.24) is 5.06 Å². The summed E-state index contributed by atoms with van der Waals surface area (Å²) in [4.78, 5) is 18.0. The Balaban J connectivity index is 1.70. The Morgan fingerprint density at radius 3 is 2.35 bits per heavy atom. The normalized spacial score (nSPS) is 12.7. The standard InChI is InChI=1S/C24H26Cl2NO3P/c1-17(28)27(30-16-18-8-9-19-6-4-5-7-20(19)14-18)13-12-24(31(2,3)29)21-10-11-22(25)23(26)15-21/h4-11,14-15,24H,12-13,16H2,1-3H3. The van der Waals surface area contributed by atoms with E-state index in [9.17, 15) is 9.36 Å². The van der Waals surface area contributed by atoms with Gasteiger partial charge in [0.2, 0.25) is 5.91 Å². The third-order valence-electron chi connectivity index (χ3n) is 5.24. The van der Waals surface area contributed by atoms with E-state index in [1.165, 1.54) is 12.0 Å². The van der Waals surface area contributed by atoms with Crippen LogP contribution in [0.1, 0.15) is 30.1 Å². The first-order valence-corrected chi connectivity index (χ1v) is 13.5. The smallest absolute Gasteiger partial charge is 0.243 e. The van der Waals surface area contributed by atoms with Gasteiger partial charge < -0.3 is 4.57 Å². The summed E-state index contributed by atoms with van der Waals surface area (Å²) in [5, 5.41) is 4.50. The predicted molar refractivity (Wildman–Crippen MR) is 129 cm³/mol. The van der Waals surface area contributed by atoms with Gasteiger partial charge in [-0.15, -0.1) is 0 Å². The van der Waals surface area contributed by atoms with Crippen LogP contribution in [0.3, 0.4) is 0 Å². The number of amides is 1. The van der Waals surface area contributed by atoms with Gasteiger partial charge >= 0.3 is 0 Å². The average molecular weight is 478 g/mol. The lowest BCUT2D eigenvalue weighted by Crippen LogP contribution is -2.30. The van der Waals surface area contributed by atoms with Crippen molar-refractivity contribution in [2.24, 2.45) is 0 Å². The van der Waals surface area contributed by atoms with E-state index in [2.05, 4.69) is 12.1 Å². The number of nitrogens with zero attached hydrogens (tertiary/aromatic N) is 1. The molecule has 0 aromatic heterocycles. The Bertz CT molecular complexity index is 1130. The van der Waals surface area contributed by atoms with Gasteiger partial charge in [-0.1, -0.05) is 65.7 Å². The summed E-state index contributed by atoms with van der Waals surface area (Å²) in [6, 6.07) is 19.5. The van der Waals surface area contributed by atoms with Crippen LogP contribution in [-0.2, 0) is 20.8 Å². The summed E-state index contributed by atoms with van der Waals surface area (Å²) in [6.07, 6.45) is 0.486. The third-order valence-corrected chi connectivity index (χ3v) is 8.03. The zero-order chi connectivity index (χ0) is 22.6. The molecule has 3 rings (SSSR count). The second kappa shape index (κ2) is 10.2. The van der Waals surface area contributed by atoms with Gasteiger partial charge in [0, 0.05) is 19.1 Å². The summed E-state index contributed by atoms with van der Waals surface area (Å²) >= 11 is 12.2. The minimum Gasteiger partial charge on any atom is -0.323 e. The first-order chi connectivity index (χ1) is 14.6. The van der Waals surface area contributed by atoms with Crippen molar-refractivity contribution in [1.29, 1.82) is 0 Å². The Morgan fingerprint density at radius 1 is 1.00 bits per heavy atom. The Hall–Kier alpha value is -1.84. The molecule has 4 nitrogen and oxygen atoms in total. The van der Waals surface area contributed by atoms with Crippen LogP contribution in [0.25, 0.3) is 10.8 Å². The highest BCUT2D eigenvalue weighted by atomic mass is 35.5. The Kier molecular flexibility index (Phi) is 7.82. The molecule has 164 valence electrons. The number of carbonyl (C=O) groups excluding carboxylic acids is 1. The second-order valence-electron chi connectivity index (χ2n) is 7.99. The first-order valence-electron chi connectivity index (χ1n) is 10.0. The second-order valence-corrected chi connectivity index (χ2v) is 12.3. The molecule has 0 spiro atoms. The van der Waals surface area contributed by atoms with Crippen LogP contribution in [0, 0.1) is 0 Å². The van der Waals surface area contributed by atoms with Crippen molar-refractivity contribution in [2.75, 3.05) is 19.9 Å². The number of fused-ring (bicyclic) bond motifs is 1. The summed E-state index contributed by atoms with van der Waals surface area (Å²) < 4.78 is 13.0. The van der Waals surface area contributed by atoms with Gasteiger partial charge in [0.25, 0.3) is 0 Å². The lowest BCUT2D eigenvalue weighted by molar-refractivity contribution is -0.189. The summed E-state index contributed by atoms with van der Waals surface area (Å²) in [5.41, 5.74) is 1.57. The molecule has 3 aromatic rings. The molecular weight excluding hydrogens is 452 g/mol. The van der Waals surface area contributed by atoms with Crippen LogP contribution in [0.15, 0.2) is 60.7 Å². The molecule has 0 aliphatic carbocycles. The highest BCUT2D eigenvalue weighted by Gasteiger charge is 2.27. The van der Waals surface area contributed by atoms with Crippen molar-refractivity contribution in [3.63, 3.8) is 0 Å². The Labute approximate surface area is 193 Å². The lowest BCUT2D eigenvalue weighted by atomic mass is 10.1. The van der Waals surface area contributed by atoms with Gasteiger partial charge in [0.1, 0.15) is 6.61 Å². The largest absolute Gasteiger partial charge is 0.323 e. The molecular formula is C24H26Cl2NO3P. The van der Waals surface area contributed by atoms with Crippen molar-refractivity contribution >= 4 is 47.0 Å². The molecule has 7 heteroatoms. The van der Waals surface area contributed by atoms with E-state index in [0.29, 0.717) is 23.0 Å². The van der Waals surface area contributed by atoms with Crippen LogP contribution in [0.5, 0.6) is 0 Å². The molecule has 1 amide bonds. The van der Waals surface area contributed by atoms with E-state index in [1.54, 1.807) is 25.5 Å². The number of hydrogen-bond acceptors (Lipinski definition) is 3. The molecule has 0 aliphatic heterocycles. The molecule has 1 atom stereocenters. The summed E-state index contributed by atoms with van der Waals surface area (Å²) in [5.74, 6) is -0.198. The van der Waals surface area contributed by atoms with Gasteiger partial charge in [-0.2, -0.15) is 0 Å². The number of benzene rings is 3. The summed E-state index contributed by atoms with van der Waals surface area (Å²) in [6.45, 7) is 5.55. The van der Waals surface area contributed by atoms with Gasteiger partial charge in [-0.05, 0) is 59.8 Å². The molecule has 0 radical (unpaired) electrons. The fraction of sp³-hybridized carbons (Fsp3) is 0.292. The maximum atomic E-state index is 13.0. The topological polar surface area (TPSA) is 46.6 Å². The first kappa shape index (κ1) is 23.8. The highest BCUT2D eigenvalue weighted by Crippen LogP contribution is 2.55. The quantitative estimate of drug-likeness (QED) is 0.255. The highest BCUT2D eigenvalue weighted by molar-refractivity contribution is 7.62. The fourth-order valence-corrected chi connectivity index (χ4v) is 5.51. The minimum atomic E-state index is -2.52. The molecule has 0 saturated heterocycles. The molecule has 0 N–H and O–H groups in total. The van der Waals surface area contributed by atoms with Gasteiger partial charge in [0.05, 0.1) is 17.2 Å². The van der Waals surface area contributed by atoms with Crippen LogP contribution in [0.2, 0.25) is 10.0 Å². The van der Waals surface area contributed by atoms with Crippen LogP contribution in [0.4, 0.5) is 0 Å². The number of hydrogen-bond donors (Lipinski definition) is 0. The van der Waals surface area contributed by atoms with Gasteiger partial charge in [-0.25, -0.2) is 5.06 Å². The molecule has 31 heavy (non-hydrogen) atoms. The SMILES string of the molecule is CC(=O)N(CCC(c1ccc(Cl)c(Cl)c1)P(C)(C)=O)OCc1ccc2ccccc2c1. The molecule has 1 unspecified atom stereocenters. The van der Waals surface area contributed by atoms with E-state index in [-0.39, 0.29) is 18.2 Å². The fourth-order valence-electron chi connectivity index (χ4n) is 3.59. The predicted octanol–water partition coefficient (Wildman–Crippen LogP) is 7.18. The van der Waals surface area contributed by atoms with Crippen molar-refractivity contribution in [3.8, 4) is 0 Å². The van der Waals surface area contributed by atoms with Gasteiger partial charge in [-0.3, -0.25) is 9.63 Å². The zero-order valence-corrected chi connectivity index (χ0v) is 20.3. The average Bonchev–Trinajstić information content (AvgIpc) is 2.71. The number of carbonyl (C=O) groups is 1. The monoisotopic (exact) mass is 477 g/mol. The van der Waals surface area contributed by atoms with E-state index >= 15 is 0 Å². The molecule has 0 fully saturated rings. The van der Waals surface area contributed by atoms with Crippen molar-refractivity contribution in [3.05, 3.63) is 81.8 Å². The molecule has 0 heterocycles. The molecule has 0 saturated carbocycles. The lowest BCUT2D eigenvalue weighted by Gasteiger charge is -2.26. The minimum absolute atomic E-state index is 0.198. The molecule has 0 aliphatic rings. The van der Waals surface area contributed by atoms with E-state index in [1.807, 2.05) is 36.4 Å². The zero-order valence-electron chi connectivity index (χ0n) is 17.8. The Morgan fingerprint density at radius 2 is 1.71 bits per heavy atom. The van der Waals surface area contributed by atoms with E-state index in [0.717, 1.165) is 21.9 Å². The molecule has 3 aromatic carbocycles. The van der Waals surface area contributed by atoms with Crippen LogP contribution < -0.4 is 0 Å². The van der Waals surface area contributed by atoms with Gasteiger partial charge in [0.15, 0.2) is 0 Å². The number of hydroxylamine groups is 2. The number of halogens is 2.